The van der Waals surface area contributed by atoms with Crippen LogP contribution < -0.4 is 0 Å². The van der Waals surface area contributed by atoms with Crippen molar-refractivity contribution in [2.24, 2.45) is 5.92 Å². The van der Waals surface area contributed by atoms with Gasteiger partial charge in [-0.2, -0.15) is 0 Å². The predicted molar refractivity (Wildman–Crippen MR) is 117 cm³/mol. The van der Waals surface area contributed by atoms with Gasteiger partial charge in [0.2, 0.25) is 5.91 Å². The van der Waals surface area contributed by atoms with Crippen molar-refractivity contribution < 1.29 is 9.90 Å². The molecule has 3 aliphatic rings. The highest BCUT2D eigenvalue weighted by atomic mass is 16.3. The summed E-state index contributed by atoms with van der Waals surface area (Å²) >= 11 is 0. The van der Waals surface area contributed by atoms with Crippen LogP contribution >= 0.6 is 0 Å². The third-order valence-electron chi connectivity index (χ3n) is 7.76. The Morgan fingerprint density at radius 2 is 1.87 bits per heavy atom. The minimum Gasteiger partial charge on any atom is -0.388 e. The van der Waals surface area contributed by atoms with E-state index >= 15 is 0 Å². The summed E-state index contributed by atoms with van der Waals surface area (Å²) in [5.41, 5.74) is 0.305. The fourth-order valence-electron chi connectivity index (χ4n) is 6.17. The summed E-state index contributed by atoms with van der Waals surface area (Å²) in [7, 11) is 0. The molecule has 162 valence electrons. The Morgan fingerprint density at radius 1 is 1.17 bits per heavy atom. The van der Waals surface area contributed by atoms with Gasteiger partial charge in [0.1, 0.15) is 0 Å². The number of carbonyl (C=O) groups excluding carboxylic acids is 1. The lowest BCUT2D eigenvalue weighted by Crippen LogP contribution is -2.56. The SMILES string of the molecule is CC(C)N1CCC(C(=O)N2C3CCC2CC(O)(Cn2ccc4ccncc42)C3)CC1. The highest BCUT2D eigenvalue weighted by Crippen LogP contribution is 2.43. The zero-order valence-corrected chi connectivity index (χ0v) is 18.2. The average Bonchev–Trinajstić information content (AvgIpc) is 3.26. The number of pyridine rings is 1. The second-order valence-corrected chi connectivity index (χ2v) is 10.0. The van der Waals surface area contributed by atoms with Crippen LogP contribution in [0.15, 0.2) is 30.7 Å². The van der Waals surface area contributed by atoms with Gasteiger partial charge < -0.3 is 19.5 Å². The van der Waals surface area contributed by atoms with Crippen LogP contribution in [0.4, 0.5) is 0 Å². The maximum atomic E-state index is 13.4. The van der Waals surface area contributed by atoms with Crippen molar-refractivity contribution in [2.45, 2.75) is 82.6 Å². The minimum atomic E-state index is -0.759. The van der Waals surface area contributed by atoms with E-state index in [0.717, 1.165) is 49.7 Å². The van der Waals surface area contributed by atoms with Crippen LogP contribution in [0.2, 0.25) is 0 Å². The Morgan fingerprint density at radius 3 is 2.53 bits per heavy atom. The molecule has 0 aromatic carbocycles. The van der Waals surface area contributed by atoms with E-state index < -0.39 is 5.60 Å². The first kappa shape index (κ1) is 20.0. The van der Waals surface area contributed by atoms with Crippen molar-refractivity contribution in [3.05, 3.63) is 30.7 Å². The second kappa shape index (κ2) is 7.65. The number of aromatic nitrogens is 2. The molecule has 0 spiro atoms. The molecule has 6 heteroatoms. The molecule has 0 saturated carbocycles. The molecular weight excluding hydrogens is 376 g/mol. The van der Waals surface area contributed by atoms with Crippen LogP contribution in [-0.4, -0.2) is 67.2 Å². The molecule has 3 saturated heterocycles. The van der Waals surface area contributed by atoms with Crippen LogP contribution in [-0.2, 0) is 11.3 Å². The zero-order valence-electron chi connectivity index (χ0n) is 18.2. The van der Waals surface area contributed by atoms with Crippen molar-refractivity contribution in [1.29, 1.82) is 0 Å². The van der Waals surface area contributed by atoms with Gasteiger partial charge in [0.25, 0.3) is 0 Å². The Balaban J connectivity index is 1.27. The third-order valence-corrected chi connectivity index (χ3v) is 7.76. The van der Waals surface area contributed by atoms with Crippen LogP contribution in [0.25, 0.3) is 10.9 Å². The third kappa shape index (κ3) is 3.54. The molecule has 5 rings (SSSR count). The molecule has 0 radical (unpaired) electrons. The fraction of sp³-hybridized carbons (Fsp3) is 0.667. The number of amides is 1. The van der Waals surface area contributed by atoms with Gasteiger partial charge in [-0.25, -0.2) is 0 Å². The van der Waals surface area contributed by atoms with Crippen LogP contribution in [0.5, 0.6) is 0 Å². The summed E-state index contributed by atoms with van der Waals surface area (Å²) < 4.78 is 2.13. The van der Waals surface area contributed by atoms with Crippen LogP contribution in [0.3, 0.4) is 0 Å². The monoisotopic (exact) mass is 410 g/mol. The number of fused-ring (bicyclic) bond motifs is 3. The van der Waals surface area contributed by atoms with Crippen LogP contribution in [0, 0.1) is 5.92 Å². The molecule has 5 heterocycles. The van der Waals surface area contributed by atoms with E-state index in [1.807, 2.05) is 18.5 Å². The van der Waals surface area contributed by atoms with Gasteiger partial charge >= 0.3 is 0 Å². The molecule has 1 N–H and O–H groups in total. The normalized spacial score (nSPS) is 30.5. The zero-order chi connectivity index (χ0) is 20.9. The first-order valence-corrected chi connectivity index (χ1v) is 11.6. The van der Waals surface area contributed by atoms with E-state index in [2.05, 4.69) is 39.3 Å². The minimum absolute atomic E-state index is 0.161. The fourth-order valence-corrected chi connectivity index (χ4v) is 6.17. The van der Waals surface area contributed by atoms with Gasteiger partial charge in [0.15, 0.2) is 0 Å². The standard InChI is InChI=1S/C24H34N4O2/c1-17(2)26-10-7-19(8-11-26)23(29)28-20-3-4-21(28)14-24(30,13-20)16-27-12-6-18-5-9-25-15-22(18)27/h5-6,9,12,15,17,19-21,30H,3-4,7-8,10-11,13-14,16H2,1-2H3. The van der Waals surface area contributed by atoms with Gasteiger partial charge in [0, 0.05) is 41.8 Å². The molecule has 3 fully saturated rings. The van der Waals surface area contributed by atoms with E-state index in [1.54, 1.807) is 6.20 Å². The van der Waals surface area contributed by atoms with Gasteiger partial charge in [0.05, 0.1) is 23.9 Å². The number of rotatable bonds is 4. The molecule has 2 unspecified atom stereocenters. The van der Waals surface area contributed by atoms with E-state index in [9.17, 15) is 9.90 Å². The maximum absolute atomic E-state index is 13.4. The highest BCUT2D eigenvalue weighted by Gasteiger charge is 2.50. The number of likely N-dealkylation sites (tertiary alicyclic amines) is 1. The lowest BCUT2D eigenvalue weighted by atomic mass is 9.84. The Labute approximate surface area is 178 Å². The summed E-state index contributed by atoms with van der Waals surface area (Å²) in [6.45, 7) is 7.09. The Bertz CT molecular complexity index is 901. The summed E-state index contributed by atoms with van der Waals surface area (Å²) in [5, 5.41) is 12.7. The molecule has 3 aliphatic heterocycles. The van der Waals surface area contributed by atoms with Crippen molar-refractivity contribution in [3.8, 4) is 0 Å². The van der Waals surface area contributed by atoms with Crippen molar-refractivity contribution >= 4 is 16.8 Å². The largest absolute Gasteiger partial charge is 0.388 e. The smallest absolute Gasteiger partial charge is 0.226 e. The van der Waals surface area contributed by atoms with Crippen molar-refractivity contribution in [2.75, 3.05) is 13.1 Å². The Hall–Kier alpha value is -1.92. The molecule has 0 aliphatic carbocycles. The molecule has 30 heavy (non-hydrogen) atoms. The van der Waals surface area contributed by atoms with Crippen molar-refractivity contribution in [3.63, 3.8) is 0 Å². The van der Waals surface area contributed by atoms with Gasteiger partial charge in [-0.1, -0.05) is 0 Å². The number of hydrogen-bond donors (Lipinski definition) is 1. The lowest BCUT2D eigenvalue weighted by Gasteiger charge is -2.46. The van der Waals surface area contributed by atoms with Gasteiger partial charge in [-0.15, -0.1) is 0 Å². The summed E-state index contributed by atoms with van der Waals surface area (Å²) in [5.74, 6) is 0.511. The maximum Gasteiger partial charge on any atom is 0.226 e. The molecule has 1 amide bonds. The predicted octanol–water partition coefficient (Wildman–Crippen LogP) is 3.04. The first-order chi connectivity index (χ1) is 14.4. The van der Waals surface area contributed by atoms with Gasteiger partial charge in [-0.3, -0.25) is 9.78 Å². The average molecular weight is 411 g/mol. The Kier molecular flexibility index (Phi) is 5.10. The first-order valence-electron chi connectivity index (χ1n) is 11.6. The second-order valence-electron chi connectivity index (χ2n) is 10.0. The molecule has 2 bridgehead atoms. The van der Waals surface area contributed by atoms with Crippen LogP contribution in [0.1, 0.15) is 52.4 Å². The number of piperidine rings is 2. The quantitative estimate of drug-likeness (QED) is 0.842. The van der Waals surface area contributed by atoms with E-state index in [1.165, 1.54) is 0 Å². The van der Waals surface area contributed by atoms with Crippen molar-refractivity contribution in [1.82, 2.24) is 19.4 Å². The number of hydrogen-bond acceptors (Lipinski definition) is 4. The van der Waals surface area contributed by atoms with E-state index in [4.69, 9.17) is 0 Å². The topological polar surface area (TPSA) is 61.6 Å². The molecular formula is C24H34N4O2. The number of carbonyl (C=O) groups is 1. The van der Waals surface area contributed by atoms with E-state index in [-0.39, 0.29) is 18.0 Å². The molecule has 6 nitrogen and oxygen atoms in total. The molecule has 2 aromatic rings. The van der Waals surface area contributed by atoms with E-state index in [0.29, 0.717) is 31.3 Å². The number of nitrogens with zero attached hydrogens (tertiary/aromatic N) is 4. The summed E-state index contributed by atoms with van der Waals surface area (Å²) in [4.78, 5) is 22.3. The van der Waals surface area contributed by atoms with Gasteiger partial charge in [-0.05, 0) is 77.6 Å². The molecule has 2 atom stereocenters. The lowest BCUT2D eigenvalue weighted by molar-refractivity contribution is -0.148. The number of aliphatic hydroxyl groups is 1. The summed E-state index contributed by atoms with van der Waals surface area (Å²) in [6.07, 6.45) is 11.1. The summed E-state index contributed by atoms with van der Waals surface area (Å²) in [6, 6.07) is 5.01. The highest BCUT2D eigenvalue weighted by molar-refractivity contribution is 5.80. The molecule has 2 aromatic heterocycles.